The summed E-state index contributed by atoms with van der Waals surface area (Å²) in [6.07, 6.45) is 0.655. The number of aromatic nitrogens is 2. The van der Waals surface area contributed by atoms with Crippen LogP contribution in [0.1, 0.15) is 27.3 Å². The van der Waals surface area contributed by atoms with Gasteiger partial charge in [-0.25, -0.2) is 4.98 Å². The monoisotopic (exact) mass is 399 g/mol. The lowest BCUT2D eigenvalue weighted by Crippen LogP contribution is -2.27. The molecule has 0 aliphatic carbocycles. The van der Waals surface area contributed by atoms with E-state index in [-0.39, 0.29) is 5.91 Å². The maximum absolute atomic E-state index is 12.5. The Kier molecular flexibility index (Phi) is 5.80. The van der Waals surface area contributed by atoms with Crippen molar-refractivity contribution in [3.05, 3.63) is 95.3 Å². The highest BCUT2D eigenvalue weighted by atomic mass is 16.5. The standard InChI is InChI=1S/C25H25N3O2/c1-18-7-3-4-8-21(18)25(29)26-16-15-24-27-22-9-5-6-10-23(22)28(24)17-19-11-13-20(30-2)14-12-19/h3-14H,15-17H2,1-2H3,(H,26,29). The molecule has 0 saturated heterocycles. The van der Waals surface area contributed by atoms with E-state index in [0.717, 1.165) is 28.2 Å². The van der Waals surface area contributed by atoms with Crippen LogP contribution in [0.3, 0.4) is 0 Å². The van der Waals surface area contributed by atoms with Gasteiger partial charge in [-0.3, -0.25) is 4.79 Å². The number of ether oxygens (including phenoxy) is 1. The first-order chi connectivity index (χ1) is 14.7. The van der Waals surface area contributed by atoms with E-state index in [0.29, 0.717) is 25.1 Å². The molecule has 5 heteroatoms. The van der Waals surface area contributed by atoms with Crippen molar-refractivity contribution in [3.8, 4) is 5.75 Å². The predicted octanol–water partition coefficient (Wildman–Crippen LogP) is 4.37. The number of hydrogen-bond acceptors (Lipinski definition) is 3. The number of hydrogen-bond donors (Lipinski definition) is 1. The Morgan fingerprint density at radius 3 is 2.50 bits per heavy atom. The van der Waals surface area contributed by atoms with Gasteiger partial charge in [0.05, 0.1) is 18.1 Å². The maximum Gasteiger partial charge on any atom is 0.251 e. The van der Waals surface area contributed by atoms with Gasteiger partial charge in [0.1, 0.15) is 11.6 Å². The Morgan fingerprint density at radius 2 is 1.73 bits per heavy atom. The fourth-order valence-electron chi connectivity index (χ4n) is 3.62. The summed E-state index contributed by atoms with van der Waals surface area (Å²) in [6.45, 7) is 3.19. The van der Waals surface area contributed by atoms with E-state index in [2.05, 4.69) is 28.1 Å². The Balaban J connectivity index is 1.52. The lowest BCUT2D eigenvalue weighted by molar-refractivity contribution is 0.0953. The van der Waals surface area contributed by atoms with E-state index < -0.39 is 0 Å². The van der Waals surface area contributed by atoms with Gasteiger partial charge in [-0.1, -0.05) is 42.5 Å². The van der Waals surface area contributed by atoms with E-state index in [1.54, 1.807) is 7.11 Å². The molecule has 0 radical (unpaired) electrons. The van der Waals surface area contributed by atoms with Gasteiger partial charge in [0.15, 0.2) is 0 Å². The molecule has 152 valence electrons. The van der Waals surface area contributed by atoms with E-state index in [4.69, 9.17) is 9.72 Å². The number of benzene rings is 3. The first-order valence-electron chi connectivity index (χ1n) is 10.1. The molecule has 4 rings (SSSR count). The van der Waals surface area contributed by atoms with Gasteiger partial charge in [-0.2, -0.15) is 0 Å². The predicted molar refractivity (Wildman–Crippen MR) is 119 cm³/mol. The number of fused-ring (bicyclic) bond motifs is 1. The van der Waals surface area contributed by atoms with Crippen molar-refractivity contribution in [1.29, 1.82) is 0 Å². The molecule has 0 atom stereocenters. The van der Waals surface area contributed by atoms with Crippen LogP contribution in [-0.4, -0.2) is 29.1 Å². The quantitative estimate of drug-likeness (QED) is 0.502. The van der Waals surface area contributed by atoms with Crippen LogP contribution in [0.15, 0.2) is 72.8 Å². The topological polar surface area (TPSA) is 56.1 Å². The molecule has 0 aliphatic rings. The van der Waals surface area contributed by atoms with Crippen LogP contribution >= 0.6 is 0 Å². The van der Waals surface area contributed by atoms with Crippen molar-refractivity contribution >= 4 is 16.9 Å². The van der Waals surface area contributed by atoms with Crippen LogP contribution in [0, 0.1) is 6.92 Å². The molecule has 1 amide bonds. The van der Waals surface area contributed by atoms with Crippen molar-refractivity contribution in [2.75, 3.05) is 13.7 Å². The van der Waals surface area contributed by atoms with Crippen molar-refractivity contribution in [2.24, 2.45) is 0 Å². The van der Waals surface area contributed by atoms with E-state index in [9.17, 15) is 4.79 Å². The average Bonchev–Trinajstić information content (AvgIpc) is 3.12. The lowest BCUT2D eigenvalue weighted by Gasteiger charge is -2.11. The number of imidazole rings is 1. The zero-order valence-corrected chi connectivity index (χ0v) is 17.3. The van der Waals surface area contributed by atoms with Gasteiger partial charge in [0, 0.05) is 25.1 Å². The summed E-state index contributed by atoms with van der Waals surface area (Å²) in [7, 11) is 1.67. The highest BCUT2D eigenvalue weighted by molar-refractivity contribution is 5.95. The number of para-hydroxylation sites is 2. The summed E-state index contributed by atoms with van der Waals surface area (Å²) in [6, 6.07) is 23.8. The molecule has 0 saturated carbocycles. The smallest absolute Gasteiger partial charge is 0.251 e. The molecule has 0 aliphatic heterocycles. The maximum atomic E-state index is 12.5. The van der Waals surface area contributed by atoms with Gasteiger partial charge >= 0.3 is 0 Å². The van der Waals surface area contributed by atoms with Crippen LogP contribution in [0.2, 0.25) is 0 Å². The van der Waals surface area contributed by atoms with Crippen molar-refractivity contribution in [3.63, 3.8) is 0 Å². The SMILES string of the molecule is COc1ccc(Cn2c(CCNC(=O)c3ccccc3C)nc3ccccc32)cc1. The third-order valence-corrected chi connectivity index (χ3v) is 5.26. The van der Waals surface area contributed by atoms with E-state index >= 15 is 0 Å². The van der Waals surface area contributed by atoms with Crippen LogP contribution in [0.25, 0.3) is 11.0 Å². The zero-order valence-electron chi connectivity index (χ0n) is 17.3. The van der Waals surface area contributed by atoms with Crippen LogP contribution < -0.4 is 10.1 Å². The molecule has 0 fully saturated rings. The second-order valence-electron chi connectivity index (χ2n) is 7.27. The summed E-state index contributed by atoms with van der Waals surface area (Å²) in [5.74, 6) is 1.75. The number of carbonyl (C=O) groups is 1. The molecule has 0 spiro atoms. The van der Waals surface area contributed by atoms with Gasteiger partial charge in [-0.05, 0) is 48.4 Å². The molecule has 30 heavy (non-hydrogen) atoms. The second-order valence-corrected chi connectivity index (χ2v) is 7.27. The molecule has 1 N–H and O–H groups in total. The summed E-state index contributed by atoms with van der Waals surface area (Å²) in [5, 5.41) is 3.03. The summed E-state index contributed by atoms with van der Waals surface area (Å²) in [5.41, 5.74) is 4.91. The summed E-state index contributed by atoms with van der Waals surface area (Å²) in [4.78, 5) is 17.3. The molecular formula is C25H25N3O2. The molecule has 0 unspecified atom stereocenters. The number of rotatable bonds is 7. The Bertz CT molecular complexity index is 1160. The highest BCUT2D eigenvalue weighted by Gasteiger charge is 2.12. The van der Waals surface area contributed by atoms with Gasteiger partial charge in [0.25, 0.3) is 5.91 Å². The van der Waals surface area contributed by atoms with Crippen LogP contribution in [0.5, 0.6) is 5.75 Å². The van der Waals surface area contributed by atoms with Gasteiger partial charge in [-0.15, -0.1) is 0 Å². The second kappa shape index (κ2) is 8.82. The van der Waals surface area contributed by atoms with Gasteiger partial charge in [0.2, 0.25) is 0 Å². The first kappa shape index (κ1) is 19.7. The number of carbonyl (C=O) groups excluding carboxylic acids is 1. The zero-order chi connectivity index (χ0) is 20.9. The normalized spacial score (nSPS) is 10.9. The molecule has 1 aromatic heterocycles. The molecule has 0 bridgehead atoms. The largest absolute Gasteiger partial charge is 0.497 e. The minimum absolute atomic E-state index is 0.0501. The Morgan fingerprint density at radius 1 is 1.00 bits per heavy atom. The minimum atomic E-state index is -0.0501. The lowest BCUT2D eigenvalue weighted by atomic mass is 10.1. The van der Waals surface area contributed by atoms with Crippen molar-refractivity contribution in [2.45, 2.75) is 19.9 Å². The van der Waals surface area contributed by atoms with E-state index in [1.807, 2.05) is 61.5 Å². The Hall–Kier alpha value is -3.60. The van der Waals surface area contributed by atoms with Crippen LogP contribution in [-0.2, 0) is 13.0 Å². The molecule has 3 aromatic carbocycles. The highest BCUT2D eigenvalue weighted by Crippen LogP contribution is 2.20. The van der Waals surface area contributed by atoms with Crippen molar-refractivity contribution in [1.82, 2.24) is 14.9 Å². The van der Waals surface area contributed by atoms with Gasteiger partial charge < -0.3 is 14.6 Å². The molecular weight excluding hydrogens is 374 g/mol. The third kappa shape index (κ3) is 4.20. The van der Waals surface area contributed by atoms with Crippen LogP contribution in [0.4, 0.5) is 0 Å². The fourth-order valence-corrected chi connectivity index (χ4v) is 3.62. The summed E-state index contributed by atoms with van der Waals surface area (Å²) >= 11 is 0. The number of nitrogens with zero attached hydrogens (tertiary/aromatic N) is 2. The number of aryl methyl sites for hydroxylation is 1. The average molecular weight is 399 g/mol. The molecule has 5 nitrogen and oxygen atoms in total. The molecule has 4 aromatic rings. The van der Waals surface area contributed by atoms with Crippen molar-refractivity contribution < 1.29 is 9.53 Å². The number of nitrogens with one attached hydrogen (secondary N) is 1. The number of methoxy groups -OCH3 is 1. The molecule has 1 heterocycles. The first-order valence-corrected chi connectivity index (χ1v) is 10.1. The van der Waals surface area contributed by atoms with E-state index in [1.165, 1.54) is 5.56 Å². The Labute approximate surface area is 176 Å². The summed E-state index contributed by atoms with van der Waals surface area (Å²) < 4.78 is 7.48. The minimum Gasteiger partial charge on any atom is -0.497 e. The third-order valence-electron chi connectivity index (χ3n) is 5.26. The number of amides is 1. The fraction of sp³-hybridized carbons (Fsp3) is 0.200.